The van der Waals surface area contributed by atoms with Crippen LogP contribution in [-0.4, -0.2) is 36.7 Å². The third-order valence-electron chi connectivity index (χ3n) is 2.30. The van der Waals surface area contributed by atoms with Gasteiger partial charge in [0.25, 0.3) is 0 Å². The van der Waals surface area contributed by atoms with Gasteiger partial charge in [0, 0.05) is 5.25 Å². The fourth-order valence-corrected chi connectivity index (χ4v) is 2.00. The smallest absolute Gasteiger partial charge is 0.325 e. The Kier molecular flexibility index (Phi) is 6.20. The molecule has 0 aliphatic rings. The molecule has 0 amide bonds. The molecule has 4 heteroatoms. The summed E-state index contributed by atoms with van der Waals surface area (Å²) in [6, 6.07) is 0. The van der Waals surface area contributed by atoms with Crippen LogP contribution in [0.1, 0.15) is 27.2 Å². The van der Waals surface area contributed by atoms with Crippen LogP contribution in [0.2, 0.25) is 0 Å². The van der Waals surface area contributed by atoms with Crippen LogP contribution in [0.3, 0.4) is 0 Å². The molecule has 0 bridgehead atoms. The maximum atomic E-state index is 11.6. The topological polar surface area (TPSA) is 38.3 Å². The van der Waals surface area contributed by atoms with E-state index in [1.54, 1.807) is 11.8 Å². The zero-order valence-electron chi connectivity index (χ0n) is 9.72. The summed E-state index contributed by atoms with van der Waals surface area (Å²) in [5.74, 6) is -0.180. The molecule has 0 aromatic heterocycles. The number of carbonyl (C=O) groups excluding carboxylic acids is 1. The van der Waals surface area contributed by atoms with Gasteiger partial charge in [-0.05, 0) is 26.1 Å². The Hall–Kier alpha value is -0.220. The van der Waals surface area contributed by atoms with Crippen molar-refractivity contribution in [3.63, 3.8) is 0 Å². The van der Waals surface area contributed by atoms with Crippen LogP contribution in [0.15, 0.2) is 0 Å². The lowest BCUT2D eigenvalue weighted by atomic mass is 9.96. The summed E-state index contributed by atoms with van der Waals surface area (Å²) in [6.45, 7) is 6.77. The van der Waals surface area contributed by atoms with Gasteiger partial charge in [-0.3, -0.25) is 4.79 Å². The summed E-state index contributed by atoms with van der Waals surface area (Å²) in [5, 5.41) is 3.63. The molecule has 0 rings (SSSR count). The highest BCUT2D eigenvalue weighted by Crippen LogP contribution is 2.21. The molecule has 1 N–H and O–H groups in total. The number of hydrogen-bond acceptors (Lipinski definition) is 4. The van der Waals surface area contributed by atoms with Crippen molar-refractivity contribution in [2.75, 3.05) is 19.9 Å². The fraction of sp³-hybridized carbons (Fsp3) is 0.900. The fourth-order valence-electron chi connectivity index (χ4n) is 1.50. The van der Waals surface area contributed by atoms with Crippen LogP contribution >= 0.6 is 11.8 Å². The number of methoxy groups -OCH3 is 1. The predicted octanol–water partition coefficient (Wildman–Crippen LogP) is 1.67. The van der Waals surface area contributed by atoms with Gasteiger partial charge in [0.1, 0.15) is 5.54 Å². The van der Waals surface area contributed by atoms with Gasteiger partial charge in [-0.1, -0.05) is 13.8 Å². The van der Waals surface area contributed by atoms with E-state index < -0.39 is 5.54 Å². The van der Waals surface area contributed by atoms with Gasteiger partial charge in [0.05, 0.1) is 7.11 Å². The van der Waals surface area contributed by atoms with Gasteiger partial charge in [-0.2, -0.15) is 11.8 Å². The molecule has 2 atom stereocenters. The average molecular weight is 219 g/mol. The Morgan fingerprint density at radius 2 is 2.21 bits per heavy atom. The van der Waals surface area contributed by atoms with Gasteiger partial charge in [0.15, 0.2) is 0 Å². The molecular formula is C10H21NO2S. The summed E-state index contributed by atoms with van der Waals surface area (Å²) in [5.41, 5.74) is -0.550. The first kappa shape index (κ1) is 13.8. The van der Waals surface area contributed by atoms with Crippen LogP contribution in [0.4, 0.5) is 0 Å². The van der Waals surface area contributed by atoms with E-state index in [2.05, 4.69) is 12.2 Å². The molecular weight excluding hydrogens is 198 g/mol. The van der Waals surface area contributed by atoms with Gasteiger partial charge in [0.2, 0.25) is 0 Å². The first-order valence-electron chi connectivity index (χ1n) is 4.86. The Bertz CT molecular complexity index is 187. The molecule has 0 spiro atoms. The average Bonchev–Trinajstić information content (AvgIpc) is 2.16. The van der Waals surface area contributed by atoms with Crippen molar-refractivity contribution in [2.24, 2.45) is 0 Å². The number of nitrogens with one attached hydrogen (secondary N) is 1. The second kappa shape index (κ2) is 6.30. The van der Waals surface area contributed by atoms with Crippen molar-refractivity contribution in [1.29, 1.82) is 0 Å². The molecule has 0 fully saturated rings. The number of hydrogen-bond donors (Lipinski definition) is 1. The number of rotatable bonds is 6. The number of ether oxygens (including phenoxy) is 1. The normalized spacial score (nSPS) is 17.2. The number of thioether (sulfide) groups is 1. The third-order valence-corrected chi connectivity index (χ3v) is 3.27. The first-order chi connectivity index (χ1) is 6.50. The molecule has 0 radical (unpaired) electrons. The maximum Gasteiger partial charge on any atom is 0.325 e. The quantitative estimate of drug-likeness (QED) is 0.690. The van der Waals surface area contributed by atoms with Crippen LogP contribution in [0.25, 0.3) is 0 Å². The van der Waals surface area contributed by atoms with Crippen molar-refractivity contribution in [1.82, 2.24) is 5.32 Å². The molecule has 0 aliphatic heterocycles. The molecule has 2 unspecified atom stereocenters. The Labute approximate surface area is 91.0 Å². The van der Waals surface area contributed by atoms with E-state index in [4.69, 9.17) is 4.74 Å². The molecule has 0 saturated heterocycles. The van der Waals surface area contributed by atoms with E-state index in [1.165, 1.54) is 7.11 Å². The van der Waals surface area contributed by atoms with E-state index in [0.717, 1.165) is 13.0 Å². The minimum Gasteiger partial charge on any atom is -0.468 e. The van der Waals surface area contributed by atoms with E-state index in [1.807, 2.05) is 20.1 Å². The Morgan fingerprint density at radius 1 is 1.64 bits per heavy atom. The highest BCUT2D eigenvalue weighted by atomic mass is 32.2. The molecule has 14 heavy (non-hydrogen) atoms. The minimum atomic E-state index is -0.550. The van der Waals surface area contributed by atoms with E-state index in [9.17, 15) is 4.79 Å². The SMILES string of the molecule is CCNC(C)(CC(C)SC)C(=O)OC. The molecule has 3 nitrogen and oxygen atoms in total. The van der Waals surface area contributed by atoms with Gasteiger partial charge in [-0.15, -0.1) is 0 Å². The molecule has 84 valence electrons. The molecule has 0 heterocycles. The summed E-state index contributed by atoms with van der Waals surface area (Å²) in [4.78, 5) is 11.6. The Balaban J connectivity index is 4.45. The van der Waals surface area contributed by atoms with E-state index in [-0.39, 0.29) is 5.97 Å². The number of carbonyl (C=O) groups is 1. The largest absolute Gasteiger partial charge is 0.468 e. The molecule has 0 aromatic rings. The summed E-state index contributed by atoms with van der Waals surface area (Å²) in [7, 11) is 1.43. The second-order valence-corrected chi connectivity index (χ2v) is 4.88. The lowest BCUT2D eigenvalue weighted by molar-refractivity contribution is -0.148. The molecule has 0 aromatic carbocycles. The zero-order chi connectivity index (χ0) is 11.2. The van der Waals surface area contributed by atoms with Crippen LogP contribution < -0.4 is 5.32 Å². The van der Waals surface area contributed by atoms with Gasteiger partial charge < -0.3 is 10.1 Å². The Morgan fingerprint density at radius 3 is 2.57 bits per heavy atom. The molecule has 0 aliphatic carbocycles. The number of likely N-dealkylation sites (N-methyl/N-ethyl adjacent to an activating group) is 1. The summed E-state index contributed by atoms with van der Waals surface area (Å²) < 4.78 is 4.80. The van der Waals surface area contributed by atoms with Crippen LogP contribution in [0.5, 0.6) is 0 Å². The van der Waals surface area contributed by atoms with Gasteiger partial charge >= 0.3 is 5.97 Å². The monoisotopic (exact) mass is 219 g/mol. The van der Waals surface area contributed by atoms with Crippen molar-refractivity contribution >= 4 is 17.7 Å². The van der Waals surface area contributed by atoms with Crippen LogP contribution in [0, 0.1) is 0 Å². The standard InChI is InChI=1S/C10H21NO2S/c1-6-11-10(3,9(12)13-4)7-8(2)14-5/h8,11H,6-7H2,1-5H3. The first-order valence-corrected chi connectivity index (χ1v) is 6.15. The lowest BCUT2D eigenvalue weighted by Crippen LogP contribution is -2.51. The van der Waals surface area contributed by atoms with E-state index >= 15 is 0 Å². The summed E-state index contributed by atoms with van der Waals surface area (Å²) >= 11 is 1.76. The van der Waals surface area contributed by atoms with Crippen molar-refractivity contribution < 1.29 is 9.53 Å². The maximum absolute atomic E-state index is 11.6. The zero-order valence-corrected chi connectivity index (χ0v) is 10.5. The predicted molar refractivity (Wildman–Crippen MR) is 61.7 cm³/mol. The van der Waals surface area contributed by atoms with Gasteiger partial charge in [-0.25, -0.2) is 0 Å². The molecule has 0 saturated carbocycles. The highest BCUT2D eigenvalue weighted by Gasteiger charge is 2.34. The van der Waals surface area contributed by atoms with Crippen molar-refractivity contribution in [3.8, 4) is 0 Å². The lowest BCUT2D eigenvalue weighted by Gasteiger charge is -2.29. The van der Waals surface area contributed by atoms with E-state index in [0.29, 0.717) is 5.25 Å². The van der Waals surface area contributed by atoms with Crippen molar-refractivity contribution in [2.45, 2.75) is 38.0 Å². The van der Waals surface area contributed by atoms with Crippen LogP contribution in [-0.2, 0) is 9.53 Å². The summed E-state index contributed by atoms with van der Waals surface area (Å²) in [6.07, 6.45) is 2.84. The number of esters is 1. The second-order valence-electron chi connectivity index (χ2n) is 3.60. The highest BCUT2D eigenvalue weighted by molar-refractivity contribution is 7.99. The third kappa shape index (κ3) is 3.88. The van der Waals surface area contributed by atoms with Crippen molar-refractivity contribution in [3.05, 3.63) is 0 Å². The minimum absolute atomic E-state index is 0.180.